The fourth-order valence-corrected chi connectivity index (χ4v) is 5.85. The first kappa shape index (κ1) is 34.6. The van der Waals surface area contributed by atoms with Crippen molar-refractivity contribution in [3.8, 4) is 11.5 Å². The molecule has 3 aromatic carbocycles. The van der Waals surface area contributed by atoms with E-state index >= 15 is 0 Å². The number of nitrogens with one attached hydrogen (secondary N) is 1. The van der Waals surface area contributed by atoms with Gasteiger partial charge in [0, 0.05) is 0 Å². The molecule has 11 heteroatoms. The molecule has 1 heterocycles. The van der Waals surface area contributed by atoms with Gasteiger partial charge in [0.2, 0.25) is 0 Å². The van der Waals surface area contributed by atoms with E-state index in [-0.39, 0.29) is 29.9 Å². The Morgan fingerprint density at radius 3 is 2.39 bits per heavy atom. The van der Waals surface area contributed by atoms with Gasteiger partial charge < -0.3 is 28.3 Å². The van der Waals surface area contributed by atoms with E-state index in [1.165, 1.54) is 13.3 Å². The summed E-state index contributed by atoms with van der Waals surface area (Å²) in [5.74, 6) is 0.547. The SMILES string of the molecule is COC(=O)CC=C[C@@H](C)[C@@H](C=NOC[C@H]1O[C@H](c2ccccc2)C=C[C@H]1Oc1ccc(OC)cc1)N[S+](=O)([O-])c1ccc(C)cc1. The molecule has 244 valence electrons. The third-order valence-electron chi connectivity index (χ3n) is 7.30. The maximum Gasteiger partial charge on any atom is 0.309 e. The third-order valence-corrected chi connectivity index (χ3v) is 8.77. The van der Waals surface area contributed by atoms with Crippen molar-refractivity contribution < 1.29 is 37.3 Å². The van der Waals surface area contributed by atoms with E-state index in [0.29, 0.717) is 11.5 Å². The van der Waals surface area contributed by atoms with E-state index in [2.05, 4.69) is 14.6 Å². The molecule has 0 saturated carbocycles. The average molecular weight is 649 g/mol. The Labute approximate surface area is 271 Å². The molecule has 0 aromatic heterocycles. The maximum absolute atomic E-state index is 13.2. The van der Waals surface area contributed by atoms with E-state index in [1.807, 2.05) is 73.7 Å². The first-order valence-electron chi connectivity index (χ1n) is 14.9. The lowest BCUT2D eigenvalue weighted by Crippen LogP contribution is -2.43. The van der Waals surface area contributed by atoms with Crippen LogP contribution in [-0.2, 0) is 33.7 Å². The number of ether oxygens (including phenoxy) is 4. The quantitative estimate of drug-likeness (QED) is 0.0724. The van der Waals surface area contributed by atoms with Gasteiger partial charge in [-0.2, -0.15) is 0 Å². The lowest BCUT2D eigenvalue weighted by Gasteiger charge is -2.32. The second kappa shape index (κ2) is 16.9. The molecule has 10 nitrogen and oxygen atoms in total. The molecule has 1 N–H and O–H groups in total. The van der Waals surface area contributed by atoms with Crippen LogP contribution in [0.2, 0.25) is 0 Å². The fourth-order valence-electron chi connectivity index (χ4n) is 4.58. The first-order chi connectivity index (χ1) is 22.2. The molecule has 0 saturated heterocycles. The molecule has 0 spiro atoms. The molecule has 46 heavy (non-hydrogen) atoms. The summed E-state index contributed by atoms with van der Waals surface area (Å²) in [4.78, 5) is 17.4. The normalized spacial score (nSPS) is 20.6. The Bertz CT molecular complexity index is 1530. The van der Waals surface area contributed by atoms with Crippen molar-refractivity contribution in [2.75, 3.05) is 20.8 Å². The number of nitrogens with zero attached hydrogens (tertiary/aromatic N) is 1. The van der Waals surface area contributed by atoms with Gasteiger partial charge in [-0.05, 0) is 60.9 Å². The second-order valence-electron chi connectivity index (χ2n) is 10.7. The largest absolute Gasteiger partial charge is 0.593 e. The lowest BCUT2D eigenvalue weighted by atomic mass is 10.0. The van der Waals surface area contributed by atoms with Crippen LogP contribution >= 0.6 is 0 Å². The number of hydrogen-bond donors (Lipinski definition) is 1. The van der Waals surface area contributed by atoms with Gasteiger partial charge in [0.25, 0.3) is 0 Å². The topological polar surface area (TPSA) is 128 Å². The summed E-state index contributed by atoms with van der Waals surface area (Å²) in [7, 11) is -0.988. The van der Waals surface area contributed by atoms with Gasteiger partial charge >= 0.3 is 5.97 Å². The van der Waals surface area contributed by atoms with Crippen LogP contribution < -0.4 is 14.2 Å². The predicted octanol–water partition coefficient (Wildman–Crippen LogP) is 5.77. The molecule has 3 aromatic rings. The Hall–Kier alpha value is -4.29. The summed E-state index contributed by atoms with van der Waals surface area (Å²) in [6.07, 6.45) is 7.34. The standard InChI is InChI=1S/C35H40N2O8S/c1-25-13-19-30(20-14-25)46(39,40)37-31(26(2)9-8-12-35(38)42-4)23-36-43-24-34-33(44-29-17-15-28(41-3)16-18-29)22-21-32(45-34)27-10-6-5-7-11-27/h5-11,13-23,26,31-34H,12,24H2,1-4H3,(H-,37,39,40)/t26-,31-,32+,33-,34-/m1/s1. The van der Waals surface area contributed by atoms with Gasteiger partial charge in [-0.1, -0.05) is 82.5 Å². The van der Waals surface area contributed by atoms with Gasteiger partial charge in [-0.3, -0.25) is 4.79 Å². The summed E-state index contributed by atoms with van der Waals surface area (Å²) < 4.78 is 51.7. The second-order valence-corrected chi connectivity index (χ2v) is 12.4. The number of oxime groups is 1. The number of benzene rings is 3. The molecule has 0 fully saturated rings. The monoisotopic (exact) mass is 648 g/mol. The summed E-state index contributed by atoms with van der Waals surface area (Å²) >= 11 is 0. The molecule has 1 unspecified atom stereocenters. The minimum absolute atomic E-state index is 0.0228. The van der Waals surface area contributed by atoms with Crippen molar-refractivity contribution in [2.24, 2.45) is 11.1 Å². The number of carbonyl (C=O) groups is 1. The number of rotatable bonds is 15. The molecule has 0 bridgehead atoms. The van der Waals surface area contributed by atoms with Gasteiger partial charge in [0.15, 0.2) is 15.3 Å². The Morgan fingerprint density at radius 2 is 1.72 bits per heavy atom. The highest BCUT2D eigenvalue weighted by atomic mass is 32.3. The minimum atomic E-state index is -3.90. The third kappa shape index (κ3) is 10.1. The fraction of sp³-hybridized carbons (Fsp3) is 0.314. The molecular formula is C35H40N2O8S. The van der Waals surface area contributed by atoms with E-state index in [0.717, 1.165) is 11.1 Å². The molecule has 1 aliphatic heterocycles. The average Bonchev–Trinajstić information content (AvgIpc) is 3.07. The van der Waals surface area contributed by atoms with E-state index in [1.54, 1.807) is 50.5 Å². The first-order valence-corrected chi connectivity index (χ1v) is 16.3. The van der Waals surface area contributed by atoms with Crippen LogP contribution in [0.1, 0.15) is 30.6 Å². The van der Waals surface area contributed by atoms with E-state index in [4.69, 9.17) is 19.0 Å². The molecular weight excluding hydrogens is 608 g/mol. The van der Waals surface area contributed by atoms with Crippen molar-refractivity contribution in [2.45, 2.75) is 49.5 Å². The van der Waals surface area contributed by atoms with Crippen LogP contribution in [0.3, 0.4) is 0 Å². The van der Waals surface area contributed by atoms with Gasteiger partial charge in [0.05, 0.1) is 32.9 Å². The number of aryl methyl sites for hydroxylation is 1. The summed E-state index contributed by atoms with van der Waals surface area (Å²) in [5.41, 5.74) is 1.92. The number of methoxy groups -OCH3 is 2. The zero-order valence-corrected chi connectivity index (χ0v) is 27.1. The zero-order valence-electron chi connectivity index (χ0n) is 26.3. The Kier molecular flexibility index (Phi) is 12.7. The molecule has 0 amide bonds. The molecule has 1 aliphatic rings. The van der Waals surface area contributed by atoms with Gasteiger partial charge in [-0.25, -0.2) is 0 Å². The highest BCUT2D eigenvalue weighted by Crippen LogP contribution is 2.29. The van der Waals surface area contributed by atoms with Gasteiger partial charge in [-0.15, -0.1) is 4.72 Å². The maximum atomic E-state index is 13.2. The van der Waals surface area contributed by atoms with Crippen LogP contribution in [0, 0.1) is 12.8 Å². The highest BCUT2D eigenvalue weighted by molar-refractivity contribution is 7.95. The van der Waals surface area contributed by atoms with Gasteiger partial charge in [0.1, 0.15) is 36.4 Å². The van der Waals surface area contributed by atoms with E-state index in [9.17, 15) is 13.6 Å². The smallest absolute Gasteiger partial charge is 0.309 e. The Morgan fingerprint density at radius 1 is 1.02 bits per heavy atom. The zero-order chi connectivity index (χ0) is 32.9. The molecule has 4 rings (SSSR count). The van der Waals surface area contributed by atoms with Crippen molar-refractivity contribution in [3.05, 3.63) is 114 Å². The minimum Gasteiger partial charge on any atom is -0.593 e. The number of sulfonamides is 1. The van der Waals surface area contributed by atoms with Crippen LogP contribution in [-0.4, -0.2) is 55.8 Å². The van der Waals surface area contributed by atoms with E-state index < -0.39 is 34.6 Å². The summed E-state index contributed by atoms with van der Waals surface area (Å²) in [6.45, 7) is 3.71. The molecule has 6 atom stereocenters. The Balaban J connectivity index is 1.49. The van der Waals surface area contributed by atoms with Crippen molar-refractivity contribution in [1.82, 2.24) is 4.72 Å². The van der Waals surface area contributed by atoms with Crippen molar-refractivity contribution in [3.63, 3.8) is 0 Å². The lowest BCUT2D eigenvalue weighted by molar-refractivity contribution is -0.139. The van der Waals surface area contributed by atoms with Crippen LogP contribution in [0.4, 0.5) is 0 Å². The molecule has 0 aliphatic carbocycles. The molecule has 0 radical (unpaired) electrons. The highest BCUT2D eigenvalue weighted by Gasteiger charge is 2.31. The van der Waals surface area contributed by atoms with Crippen molar-refractivity contribution in [1.29, 1.82) is 0 Å². The number of esters is 1. The summed E-state index contributed by atoms with van der Waals surface area (Å²) in [5, 5.41) is 4.15. The van der Waals surface area contributed by atoms with Crippen molar-refractivity contribution >= 4 is 22.6 Å². The summed E-state index contributed by atoms with van der Waals surface area (Å²) in [6, 6.07) is 22.8. The van der Waals surface area contributed by atoms with Crippen LogP contribution in [0.5, 0.6) is 11.5 Å². The number of hydrogen-bond acceptors (Lipinski definition) is 9. The van der Waals surface area contributed by atoms with Crippen LogP contribution in [0.15, 0.2) is 113 Å². The van der Waals surface area contributed by atoms with Crippen LogP contribution in [0.25, 0.3) is 0 Å². The number of carbonyl (C=O) groups excluding carboxylic acids is 1. The predicted molar refractivity (Wildman–Crippen MR) is 175 cm³/mol.